The van der Waals surface area contributed by atoms with Crippen molar-refractivity contribution < 1.29 is 17.6 Å². The van der Waals surface area contributed by atoms with Gasteiger partial charge in [0.25, 0.3) is 5.22 Å². The predicted molar refractivity (Wildman–Crippen MR) is 67.4 cm³/mol. The fourth-order valence-corrected chi connectivity index (χ4v) is 2.38. The molecule has 3 rings (SSSR count). The molecule has 3 aromatic rings. The maximum absolute atomic E-state index is 12.6. The highest BCUT2D eigenvalue weighted by molar-refractivity contribution is 7.99. The number of hydrogen-bond donors (Lipinski definition) is 0. The Bertz CT molecular complexity index is 721. The van der Waals surface area contributed by atoms with Crippen molar-refractivity contribution in [3.63, 3.8) is 0 Å². The Morgan fingerprint density at radius 3 is 2.65 bits per heavy atom. The van der Waals surface area contributed by atoms with Gasteiger partial charge in [-0.05, 0) is 36.0 Å². The number of nitrogens with zero attached hydrogens (tertiary/aromatic N) is 2. The molecule has 1 aromatic carbocycles. The van der Waals surface area contributed by atoms with Crippen LogP contribution in [-0.2, 0) is 6.18 Å². The molecule has 0 fully saturated rings. The number of benzene rings is 1. The van der Waals surface area contributed by atoms with Crippen molar-refractivity contribution in [3.8, 4) is 0 Å². The summed E-state index contributed by atoms with van der Waals surface area (Å²) < 4.78 is 43.2. The second kappa shape index (κ2) is 4.82. The minimum Gasteiger partial charge on any atom is -0.431 e. The van der Waals surface area contributed by atoms with Crippen LogP contribution in [0.5, 0.6) is 0 Å². The number of hydrogen-bond acceptors (Lipinski definition) is 4. The number of fused-ring (bicyclic) bond motifs is 1. The third-order valence-corrected chi connectivity index (χ3v) is 3.31. The van der Waals surface area contributed by atoms with Gasteiger partial charge in [0.15, 0.2) is 5.58 Å². The molecular weight excluding hydrogens is 289 g/mol. The van der Waals surface area contributed by atoms with E-state index in [1.165, 1.54) is 0 Å². The molecule has 0 aliphatic carbocycles. The number of aromatic nitrogens is 2. The molecule has 2 heterocycles. The van der Waals surface area contributed by atoms with Crippen molar-refractivity contribution >= 4 is 22.9 Å². The largest absolute Gasteiger partial charge is 0.431 e. The molecule has 0 amide bonds. The first-order valence-electron chi connectivity index (χ1n) is 5.59. The second-order valence-electron chi connectivity index (χ2n) is 3.93. The summed E-state index contributed by atoms with van der Waals surface area (Å²) in [4.78, 5) is 8.06. The van der Waals surface area contributed by atoms with Crippen LogP contribution in [0.1, 0.15) is 5.56 Å². The molecule has 0 atom stereocenters. The molecule has 3 nitrogen and oxygen atoms in total. The van der Waals surface area contributed by atoms with Crippen LogP contribution in [0, 0.1) is 0 Å². The van der Waals surface area contributed by atoms with Gasteiger partial charge in [-0.15, -0.1) is 0 Å². The van der Waals surface area contributed by atoms with Crippen LogP contribution in [0.25, 0.3) is 11.1 Å². The molecular formula is C13H7F3N2OS. The normalized spacial score (nSPS) is 11.9. The number of halogens is 3. The zero-order valence-electron chi connectivity index (χ0n) is 9.89. The topological polar surface area (TPSA) is 38.9 Å². The molecule has 2 aromatic heterocycles. The van der Waals surface area contributed by atoms with Crippen LogP contribution in [-0.4, -0.2) is 9.97 Å². The SMILES string of the molecule is FC(F)(F)c1ccnc(Sc2nc3ccccc3o2)c1. The minimum atomic E-state index is -4.39. The van der Waals surface area contributed by atoms with Crippen LogP contribution in [0.4, 0.5) is 13.2 Å². The van der Waals surface area contributed by atoms with Gasteiger partial charge in [0.1, 0.15) is 10.5 Å². The summed E-state index contributed by atoms with van der Waals surface area (Å²) in [5.41, 5.74) is 0.495. The summed E-state index contributed by atoms with van der Waals surface area (Å²) in [6, 6.07) is 9.01. The van der Waals surface area contributed by atoms with E-state index < -0.39 is 11.7 Å². The lowest BCUT2D eigenvalue weighted by Gasteiger charge is -2.06. The molecule has 0 aliphatic heterocycles. The molecule has 102 valence electrons. The Morgan fingerprint density at radius 1 is 1.10 bits per heavy atom. The van der Waals surface area contributed by atoms with Crippen LogP contribution >= 0.6 is 11.8 Å². The molecule has 0 N–H and O–H groups in total. The highest BCUT2D eigenvalue weighted by Crippen LogP contribution is 2.33. The summed E-state index contributed by atoms with van der Waals surface area (Å²) in [5.74, 6) is 0. The van der Waals surface area contributed by atoms with Crippen molar-refractivity contribution in [1.29, 1.82) is 0 Å². The molecule has 0 bridgehead atoms. The van der Waals surface area contributed by atoms with Crippen LogP contribution in [0.2, 0.25) is 0 Å². The average Bonchev–Trinajstić information content (AvgIpc) is 2.80. The Kier molecular flexibility index (Phi) is 3.13. The van der Waals surface area contributed by atoms with Gasteiger partial charge in [0.2, 0.25) is 0 Å². The van der Waals surface area contributed by atoms with E-state index in [4.69, 9.17) is 4.42 Å². The number of rotatable bonds is 2. The fourth-order valence-electron chi connectivity index (χ4n) is 1.63. The van der Waals surface area contributed by atoms with Gasteiger partial charge in [-0.1, -0.05) is 12.1 Å². The van der Waals surface area contributed by atoms with Crippen LogP contribution < -0.4 is 0 Å². The van der Waals surface area contributed by atoms with E-state index in [0.29, 0.717) is 11.1 Å². The highest BCUT2D eigenvalue weighted by atomic mass is 32.2. The van der Waals surface area contributed by atoms with Crippen LogP contribution in [0.15, 0.2) is 57.3 Å². The zero-order chi connectivity index (χ0) is 14.2. The monoisotopic (exact) mass is 296 g/mol. The highest BCUT2D eigenvalue weighted by Gasteiger charge is 2.30. The van der Waals surface area contributed by atoms with Crippen molar-refractivity contribution in [2.75, 3.05) is 0 Å². The van der Waals surface area contributed by atoms with Gasteiger partial charge < -0.3 is 4.42 Å². The quantitative estimate of drug-likeness (QED) is 0.703. The van der Waals surface area contributed by atoms with E-state index in [-0.39, 0.29) is 10.2 Å². The van der Waals surface area contributed by atoms with E-state index in [1.54, 1.807) is 18.2 Å². The third-order valence-electron chi connectivity index (χ3n) is 2.53. The Labute approximate surface area is 115 Å². The molecule has 7 heteroatoms. The lowest BCUT2D eigenvalue weighted by atomic mass is 10.3. The predicted octanol–water partition coefficient (Wildman–Crippen LogP) is 4.39. The molecule has 0 saturated heterocycles. The van der Waals surface area contributed by atoms with Gasteiger partial charge in [-0.25, -0.2) is 9.97 Å². The molecule has 20 heavy (non-hydrogen) atoms. The molecule has 0 unspecified atom stereocenters. The molecule has 0 aliphatic rings. The van der Waals surface area contributed by atoms with Gasteiger partial charge in [-0.2, -0.15) is 13.2 Å². The first-order chi connectivity index (χ1) is 9.52. The van der Waals surface area contributed by atoms with E-state index >= 15 is 0 Å². The van der Waals surface area contributed by atoms with E-state index in [2.05, 4.69) is 9.97 Å². The standard InChI is InChI=1S/C13H7F3N2OS/c14-13(15,16)8-5-6-17-11(7-8)20-12-18-9-3-1-2-4-10(9)19-12/h1-7H. The number of para-hydroxylation sites is 2. The maximum Gasteiger partial charge on any atom is 0.416 e. The number of pyridine rings is 1. The van der Waals surface area contributed by atoms with E-state index in [1.807, 2.05) is 6.07 Å². The zero-order valence-corrected chi connectivity index (χ0v) is 10.7. The minimum absolute atomic E-state index is 0.186. The number of alkyl halides is 3. The third kappa shape index (κ3) is 2.62. The molecule has 0 spiro atoms. The van der Waals surface area contributed by atoms with E-state index in [9.17, 15) is 13.2 Å². The average molecular weight is 296 g/mol. The molecule has 0 saturated carbocycles. The van der Waals surface area contributed by atoms with Gasteiger partial charge in [-0.3, -0.25) is 0 Å². The van der Waals surface area contributed by atoms with E-state index in [0.717, 1.165) is 30.1 Å². The summed E-state index contributed by atoms with van der Waals surface area (Å²) >= 11 is 0.955. The van der Waals surface area contributed by atoms with Crippen molar-refractivity contribution in [2.45, 2.75) is 16.4 Å². The summed E-state index contributed by atoms with van der Waals surface area (Å²) in [6.07, 6.45) is -3.27. The Balaban J connectivity index is 1.91. The summed E-state index contributed by atoms with van der Waals surface area (Å²) in [6.45, 7) is 0. The Hall–Kier alpha value is -2.02. The van der Waals surface area contributed by atoms with Gasteiger partial charge in [0, 0.05) is 6.20 Å². The van der Waals surface area contributed by atoms with Crippen LogP contribution in [0.3, 0.4) is 0 Å². The number of oxazole rings is 1. The smallest absolute Gasteiger partial charge is 0.416 e. The first-order valence-corrected chi connectivity index (χ1v) is 6.41. The first kappa shape index (κ1) is 13.0. The summed E-state index contributed by atoms with van der Waals surface area (Å²) in [5, 5.41) is 0.449. The second-order valence-corrected chi connectivity index (χ2v) is 4.90. The lowest BCUT2D eigenvalue weighted by Crippen LogP contribution is -2.04. The maximum atomic E-state index is 12.6. The van der Waals surface area contributed by atoms with Crippen molar-refractivity contribution in [2.24, 2.45) is 0 Å². The lowest BCUT2D eigenvalue weighted by molar-refractivity contribution is -0.137. The van der Waals surface area contributed by atoms with Crippen molar-refractivity contribution in [3.05, 3.63) is 48.2 Å². The van der Waals surface area contributed by atoms with Crippen molar-refractivity contribution in [1.82, 2.24) is 9.97 Å². The Morgan fingerprint density at radius 2 is 1.90 bits per heavy atom. The fraction of sp³-hybridized carbons (Fsp3) is 0.0769. The molecule has 0 radical (unpaired) electrons. The summed E-state index contributed by atoms with van der Waals surface area (Å²) in [7, 11) is 0. The van der Waals surface area contributed by atoms with Gasteiger partial charge in [0.05, 0.1) is 5.56 Å². The van der Waals surface area contributed by atoms with Gasteiger partial charge >= 0.3 is 6.18 Å².